The molecule has 1 N–H and O–H groups in total. The van der Waals surface area contributed by atoms with E-state index in [1.807, 2.05) is 0 Å². The lowest BCUT2D eigenvalue weighted by atomic mass is 10.1. The number of hydrogen-bond donors (Lipinski definition) is 1. The number of aryl methyl sites for hydroxylation is 1. The molecule has 0 aliphatic rings. The van der Waals surface area contributed by atoms with Gasteiger partial charge in [-0.25, -0.2) is 13.2 Å². The van der Waals surface area contributed by atoms with Crippen LogP contribution in [0, 0.1) is 10.1 Å². The SMILES string of the molecule is CCc1ccc([N+](=O)[O-])cc1S(=O)(=O)Nc1ccc2oc(=O)ccc2c1. The van der Waals surface area contributed by atoms with Crippen molar-refractivity contribution in [2.45, 2.75) is 18.2 Å². The van der Waals surface area contributed by atoms with Gasteiger partial charge in [-0.3, -0.25) is 14.8 Å². The fourth-order valence-corrected chi connectivity index (χ4v) is 3.93. The minimum absolute atomic E-state index is 0.145. The molecule has 0 spiro atoms. The number of nitro benzene ring substituents is 1. The van der Waals surface area contributed by atoms with E-state index in [2.05, 4.69) is 4.72 Å². The molecule has 0 unspecified atom stereocenters. The molecule has 0 aliphatic carbocycles. The van der Waals surface area contributed by atoms with E-state index >= 15 is 0 Å². The van der Waals surface area contributed by atoms with Gasteiger partial charge in [-0.1, -0.05) is 13.0 Å². The third-order valence-electron chi connectivity index (χ3n) is 3.80. The molecule has 26 heavy (non-hydrogen) atoms. The monoisotopic (exact) mass is 374 g/mol. The van der Waals surface area contributed by atoms with Gasteiger partial charge < -0.3 is 4.42 Å². The number of sulfonamides is 1. The predicted molar refractivity (Wildman–Crippen MR) is 95.8 cm³/mol. The summed E-state index contributed by atoms with van der Waals surface area (Å²) in [4.78, 5) is 21.4. The van der Waals surface area contributed by atoms with Crippen molar-refractivity contribution in [3.05, 3.63) is 74.6 Å². The van der Waals surface area contributed by atoms with Gasteiger partial charge in [0.15, 0.2) is 0 Å². The van der Waals surface area contributed by atoms with Crippen molar-refractivity contribution in [1.29, 1.82) is 0 Å². The van der Waals surface area contributed by atoms with E-state index in [-0.39, 0.29) is 16.3 Å². The second-order valence-corrected chi connectivity index (χ2v) is 7.17. The number of non-ortho nitro benzene ring substituents is 1. The quantitative estimate of drug-likeness (QED) is 0.416. The molecule has 0 saturated heterocycles. The van der Waals surface area contributed by atoms with Crippen LogP contribution in [-0.4, -0.2) is 13.3 Å². The number of anilines is 1. The molecule has 0 radical (unpaired) electrons. The molecular formula is C17H14N2O6S. The van der Waals surface area contributed by atoms with Crippen LogP contribution in [0.3, 0.4) is 0 Å². The Morgan fingerprint density at radius 3 is 2.58 bits per heavy atom. The van der Waals surface area contributed by atoms with E-state index in [0.717, 1.165) is 6.07 Å². The Balaban J connectivity index is 2.04. The lowest BCUT2D eigenvalue weighted by Crippen LogP contribution is -2.15. The zero-order chi connectivity index (χ0) is 18.9. The summed E-state index contributed by atoms with van der Waals surface area (Å²) in [6.45, 7) is 1.76. The van der Waals surface area contributed by atoms with Crippen molar-refractivity contribution in [3.8, 4) is 0 Å². The molecule has 9 heteroatoms. The highest BCUT2D eigenvalue weighted by molar-refractivity contribution is 7.92. The molecular weight excluding hydrogens is 360 g/mol. The smallest absolute Gasteiger partial charge is 0.336 e. The van der Waals surface area contributed by atoms with E-state index in [0.29, 0.717) is 23.0 Å². The highest BCUT2D eigenvalue weighted by atomic mass is 32.2. The fraction of sp³-hybridized carbons (Fsp3) is 0.118. The van der Waals surface area contributed by atoms with Crippen LogP contribution in [-0.2, 0) is 16.4 Å². The van der Waals surface area contributed by atoms with Crippen LogP contribution in [0.5, 0.6) is 0 Å². The van der Waals surface area contributed by atoms with Crippen molar-refractivity contribution in [2.24, 2.45) is 0 Å². The first-order valence-corrected chi connectivity index (χ1v) is 9.12. The Morgan fingerprint density at radius 2 is 1.88 bits per heavy atom. The van der Waals surface area contributed by atoms with Crippen LogP contribution in [0.1, 0.15) is 12.5 Å². The third-order valence-corrected chi connectivity index (χ3v) is 5.27. The molecule has 0 fully saturated rings. The Bertz CT molecular complexity index is 1170. The molecule has 1 aromatic heterocycles. The van der Waals surface area contributed by atoms with E-state index in [1.165, 1.54) is 42.5 Å². The normalized spacial score (nSPS) is 11.4. The second kappa shape index (κ2) is 6.60. The maximum atomic E-state index is 12.7. The second-order valence-electron chi connectivity index (χ2n) is 5.52. The third kappa shape index (κ3) is 3.42. The summed E-state index contributed by atoms with van der Waals surface area (Å²) in [6, 6.07) is 10.9. The van der Waals surface area contributed by atoms with Crippen molar-refractivity contribution >= 4 is 32.4 Å². The zero-order valence-corrected chi connectivity index (χ0v) is 14.4. The molecule has 0 aliphatic heterocycles. The first-order chi connectivity index (χ1) is 12.3. The molecule has 2 aromatic carbocycles. The predicted octanol–water partition coefficient (Wildman–Crippen LogP) is 3.06. The molecule has 0 amide bonds. The van der Waals surface area contributed by atoms with Gasteiger partial charge in [0, 0.05) is 29.3 Å². The number of nitrogens with one attached hydrogen (secondary N) is 1. The van der Waals surface area contributed by atoms with E-state index in [4.69, 9.17) is 4.42 Å². The zero-order valence-electron chi connectivity index (χ0n) is 13.6. The Morgan fingerprint density at radius 1 is 1.12 bits per heavy atom. The van der Waals surface area contributed by atoms with Gasteiger partial charge >= 0.3 is 5.63 Å². The van der Waals surface area contributed by atoms with Crippen molar-refractivity contribution in [3.63, 3.8) is 0 Å². The number of rotatable bonds is 5. The average Bonchev–Trinajstić information content (AvgIpc) is 2.61. The van der Waals surface area contributed by atoms with Crippen LogP contribution in [0.25, 0.3) is 11.0 Å². The van der Waals surface area contributed by atoms with Crippen LogP contribution in [0.4, 0.5) is 11.4 Å². The molecule has 8 nitrogen and oxygen atoms in total. The van der Waals surface area contributed by atoms with Crippen LogP contribution in [0.2, 0.25) is 0 Å². The van der Waals surface area contributed by atoms with Crippen molar-refractivity contribution in [1.82, 2.24) is 0 Å². The first-order valence-electron chi connectivity index (χ1n) is 7.64. The lowest BCUT2D eigenvalue weighted by molar-refractivity contribution is -0.385. The topological polar surface area (TPSA) is 120 Å². The van der Waals surface area contributed by atoms with E-state index in [9.17, 15) is 23.3 Å². The van der Waals surface area contributed by atoms with Gasteiger partial charge in [0.25, 0.3) is 15.7 Å². The van der Waals surface area contributed by atoms with Gasteiger partial charge in [-0.05, 0) is 36.2 Å². The van der Waals surface area contributed by atoms with E-state index < -0.39 is 20.6 Å². The van der Waals surface area contributed by atoms with Gasteiger partial charge in [-0.2, -0.15) is 0 Å². The summed E-state index contributed by atoms with van der Waals surface area (Å²) < 4.78 is 32.9. The maximum Gasteiger partial charge on any atom is 0.336 e. The largest absolute Gasteiger partial charge is 0.423 e. The van der Waals surface area contributed by atoms with Crippen LogP contribution in [0.15, 0.2) is 62.6 Å². The van der Waals surface area contributed by atoms with Crippen LogP contribution >= 0.6 is 0 Å². The number of nitro groups is 1. The van der Waals surface area contributed by atoms with Crippen LogP contribution < -0.4 is 10.3 Å². The van der Waals surface area contributed by atoms with Gasteiger partial charge in [0.1, 0.15) is 5.58 Å². The molecule has 3 rings (SSSR count). The molecule has 0 atom stereocenters. The summed E-state index contributed by atoms with van der Waals surface area (Å²) >= 11 is 0. The minimum Gasteiger partial charge on any atom is -0.423 e. The van der Waals surface area contributed by atoms with Gasteiger partial charge in [-0.15, -0.1) is 0 Å². The summed E-state index contributed by atoms with van der Waals surface area (Å²) in [6.07, 6.45) is 0.400. The summed E-state index contributed by atoms with van der Waals surface area (Å²) in [5.41, 5.74) is 0.234. The standard InChI is InChI=1S/C17H14N2O6S/c1-2-11-3-6-14(19(21)22)10-16(11)26(23,24)18-13-5-7-15-12(9-13)4-8-17(20)25-15/h3-10,18H,2H2,1H3. The van der Waals surface area contributed by atoms with Gasteiger partial charge in [0.2, 0.25) is 0 Å². The Hall–Kier alpha value is -3.20. The number of nitrogens with zero attached hydrogens (tertiary/aromatic N) is 1. The Labute approximate surface area is 148 Å². The summed E-state index contributed by atoms with van der Waals surface area (Å²) in [7, 11) is -4.04. The highest BCUT2D eigenvalue weighted by Crippen LogP contribution is 2.26. The Kier molecular flexibility index (Phi) is 4.47. The van der Waals surface area contributed by atoms with Gasteiger partial charge in [0.05, 0.1) is 9.82 Å². The number of fused-ring (bicyclic) bond motifs is 1. The first kappa shape index (κ1) is 17.6. The molecule has 1 heterocycles. The van der Waals surface area contributed by atoms with Crippen molar-refractivity contribution < 1.29 is 17.8 Å². The number of hydrogen-bond acceptors (Lipinski definition) is 6. The van der Waals surface area contributed by atoms with Crippen molar-refractivity contribution in [2.75, 3.05) is 4.72 Å². The molecule has 134 valence electrons. The molecule has 3 aromatic rings. The summed E-state index contributed by atoms with van der Waals surface area (Å²) in [5.74, 6) is 0. The average molecular weight is 374 g/mol. The molecule has 0 bridgehead atoms. The fourth-order valence-electron chi connectivity index (χ4n) is 2.54. The molecule has 0 saturated carbocycles. The highest BCUT2D eigenvalue weighted by Gasteiger charge is 2.22. The summed E-state index contributed by atoms with van der Waals surface area (Å²) in [5, 5.41) is 11.5. The minimum atomic E-state index is -4.04. The maximum absolute atomic E-state index is 12.7. The number of benzene rings is 2. The van der Waals surface area contributed by atoms with E-state index in [1.54, 1.807) is 6.92 Å². The lowest BCUT2D eigenvalue weighted by Gasteiger charge is -2.12.